The molecule has 0 fully saturated rings. The first-order valence-corrected chi connectivity index (χ1v) is 9.53. The van der Waals surface area contributed by atoms with Gasteiger partial charge in [-0.2, -0.15) is 18.3 Å². The van der Waals surface area contributed by atoms with E-state index in [2.05, 4.69) is 26.0 Å². The van der Waals surface area contributed by atoms with Gasteiger partial charge in [-0.25, -0.2) is 9.67 Å². The van der Waals surface area contributed by atoms with Gasteiger partial charge in [0.1, 0.15) is 0 Å². The lowest BCUT2D eigenvalue weighted by atomic mass is 10.1. The molecule has 0 saturated carbocycles. The van der Waals surface area contributed by atoms with E-state index in [1.807, 2.05) is 30.3 Å². The number of hydrogen-bond acceptors (Lipinski definition) is 3. The summed E-state index contributed by atoms with van der Waals surface area (Å²) in [7, 11) is 0. The van der Waals surface area contributed by atoms with E-state index in [1.165, 1.54) is 0 Å². The second-order valence-corrected chi connectivity index (χ2v) is 7.46. The van der Waals surface area contributed by atoms with E-state index in [9.17, 15) is 13.2 Å². The van der Waals surface area contributed by atoms with Gasteiger partial charge in [0.25, 0.3) is 0 Å². The van der Waals surface area contributed by atoms with Crippen LogP contribution in [-0.4, -0.2) is 14.8 Å². The summed E-state index contributed by atoms with van der Waals surface area (Å²) in [5, 5.41) is 6.08. The van der Waals surface area contributed by atoms with Crippen LogP contribution in [0.4, 0.5) is 13.2 Å². The van der Waals surface area contributed by atoms with E-state index in [0.717, 1.165) is 32.1 Å². The highest BCUT2D eigenvalue weighted by atomic mass is 79.9. The van der Waals surface area contributed by atoms with Crippen LogP contribution in [0.25, 0.3) is 27.6 Å². The number of halogens is 4. The molecule has 0 aliphatic carbocycles. The van der Waals surface area contributed by atoms with E-state index in [4.69, 9.17) is 0 Å². The van der Waals surface area contributed by atoms with Crippen molar-refractivity contribution in [2.75, 3.05) is 0 Å². The van der Waals surface area contributed by atoms with E-state index in [1.54, 1.807) is 29.6 Å². The number of aromatic nitrogens is 3. The van der Waals surface area contributed by atoms with Gasteiger partial charge in [-0.1, -0.05) is 58.4 Å². The van der Waals surface area contributed by atoms with Crippen LogP contribution in [0.3, 0.4) is 0 Å². The van der Waals surface area contributed by atoms with Crippen molar-refractivity contribution >= 4 is 27.3 Å². The highest BCUT2D eigenvalue weighted by molar-refractivity contribution is 9.10. The Balaban J connectivity index is 1.80. The molecule has 0 radical (unpaired) electrons. The molecule has 2 heterocycles. The fourth-order valence-electron chi connectivity index (χ4n) is 2.59. The van der Waals surface area contributed by atoms with E-state index < -0.39 is 11.9 Å². The zero-order valence-corrected chi connectivity index (χ0v) is 16.0. The van der Waals surface area contributed by atoms with Gasteiger partial charge < -0.3 is 0 Å². The van der Waals surface area contributed by atoms with Crippen LogP contribution >= 0.6 is 27.3 Å². The van der Waals surface area contributed by atoms with Gasteiger partial charge in [0.2, 0.25) is 5.13 Å². The molecule has 4 aromatic rings. The van der Waals surface area contributed by atoms with Gasteiger partial charge in [-0.3, -0.25) is 0 Å². The van der Waals surface area contributed by atoms with Crippen molar-refractivity contribution in [1.29, 1.82) is 0 Å². The SMILES string of the molecule is FC(F)(F)c1cc(-c2ccc(Br)cc2)nn1-c1nc(-c2ccccc2)cs1. The van der Waals surface area contributed by atoms with Crippen molar-refractivity contribution in [3.63, 3.8) is 0 Å². The highest BCUT2D eigenvalue weighted by Crippen LogP contribution is 2.35. The number of alkyl halides is 3. The Morgan fingerprint density at radius 3 is 2.22 bits per heavy atom. The van der Waals surface area contributed by atoms with Crippen LogP contribution in [0.2, 0.25) is 0 Å². The van der Waals surface area contributed by atoms with Gasteiger partial charge in [0.05, 0.1) is 11.4 Å². The van der Waals surface area contributed by atoms with Crippen molar-refractivity contribution < 1.29 is 13.2 Å². The van der Waals surface area contributed by atoms with Crippen LogP contribution in [-0.2, 0) is 6.18 Å². The topological polar surface area (TPSA) is 30.7 Å². The Morgan fingerprint density at radius 1 is 0.889 bits per heavy atom. The summed E-state index contributed by atoms with van der Waals surface area (Å²) in [6.45, 7) is 0. The molecule has 0 saturated heterocycles. The Bertz CT molecular complexity index is 1070. The molecule has 0 atom stereocenters. The second kappa shape index (κ2) is 6.94. The standard InChI is InChI=1S/C19H11BrF3N3S/c20-14-8-6-13(7-9-14)15-10-17(19(21,22)23)26(25-15)18-24-16(11-27-18)12-4-2-1-3-5-12/h1-11H. The summed E-state index contributed by atoms with van der Waals surface area (Å²) in [6.07, 6.45) is -4.54. The molecular formula is C19H11BrF3N3S. The molecule has 136 valence electrons. The first-order valence-electron chi connectivity index (χ1n) is 7.86. The average Bonchev–Trinajstić information content (AvgIpc) is 3.30. The van der Waals surface area contributed by atoms with Crippen LogP contribution < -0.4 is 0 Å². The Hall–Kier alpha value is -2.45. The van der Waals surface area contributed by atoms with E-state index >= 15 is 0 Å². The van der Waals surface area contributed by atoms with Crippen molar-refractivity contribution in [2.24, 2.45) is 0 Å². The smallest absolute Gasteiger partial charge is 0.218 e. The summed E-state index contributed by atoms with van der Waals surface area (Å²) >= 11 is 4.44. The lowest BCUT2D eigenvalue weighted by molar-refractivity contribution is -0.142. The molecule has 3 nitrogen and oxygen atoms in total. The third kappa shape index (κ3) is 3.68. The van der Waals surface area contributed by atoms with Crippen LogP contribution in [0.1, 0.15) is 5.69 Å². The summed E-state index contributed by atoms with van der Waals surface area (Å²) in [5.74, 6) is 0. The van der Waals surface area contributed by atoms with Gasteiger partial charge >= 0.3 is 6.18 Å². The lowest BCUT2D eigenvalue weighted by Crippen LogP contribution is -2.13. The van der Waals surface area contributed by atoms with Gasteiger partial charge in [-0.05, 0) is 18.2 Å². The summed E-state index contributed by atoms with van der Waals surface area (Å²) in [6, 6.07) is 17.3. The van der Waals surface area contributed by atoms with Crippen LogP contribution in [0, 0.1) is 0 Å². The lowest BCUT2D eigenvalue weighted by Gasteiger charge is -2.07. The fraction of sp³-hybridized carbons (Fsp3) is 0.0526. The molecule has 2 aromatic heterocycles. The third-order valence-electron chi connectivity index (χ3n) is 3.88. The molecule has 0 amide bonds. The molecular weight excluding hydrogens is 439 g/mol. The maximum absolute atomic E-state index is 13.6. The zero-order chi connectivity index (χ0) is 19.0. The number of rotatable bonds is 3. The minimum absolute atomic E-state index is 0.171. The van der Waals surface area contributed by atoms with Gasteiger partial charge in [-0.15, -0.1) is 11.3 Å². The quantitative estimate of drug-likeness (QED) is 0.360. The normalized spacial score (nSPS) is 11.7. The summed E-state index contributed by atoms with van der Waals surface area (Å²) in [5.41, 5.74) is 1.45. The van der Waals surface area contributed by atoms with Crippen LogP contribution in [0.5, 0.6) is 0 Å². The molecule has 2 aromatic carbocycles. The first-order chi connectivity index (χ1) is 12.9. The summed E-state index contributed by atoms with van der Waals surface area (Å²) in [4.78, 5) is 4.36. The molecule has 27 heavy (non-hydrogen) atoms. The van der Waals surface area contributed by atoms with Gasteiger partial charge in [0.15, 0.2) is 5.69 Å². The molecule has 0 aliphatic heterocycles. The molecule has 0 bridgehead atoms. The minimum atomic E-state index is -4.54. The number of nitrogens with zero attached hydrogens (tertiary/aromatic N) is 3. The molecule has 0 aliphatic rings. The van der Waals surface area contributed by atoms with Crippen molar-refractivity contribution in [3.05, 3.63) is 76.2 Å². The van der Waals surface area contributed by atoms with Crippen molar-refractivity contribution in [3.8, 4) is 27.6 Å². The molecule has 4 rings (SSSR count). The maximum Gasteiger partial charge on any atom is 0.433 e. The first kappa shape index (κ1) is 17.9. The maximum atomic E-state index is 13.6. The Morgan fingerprint density at radius 2 is 1.56 bits per heavy atom. The Labute approximate surface area is 165 Å². The number of hydrogen-bond donors (Lipinski definition) is 0. The molecule has 0 unspecified atom stereocenters. The van der Waals surface area contributed by atoms with Crippen LogP contribution in [0.15, 0.2) is 70.5 Å². The van der Waals surface area contributed by atoms with Crippen molar-refractivity contribution in [2.45, 2.75) is 6.18 Å². The summed E-state index contributed by atoms with van der Waals surface area (Å²) < 4.78 is 42.4. The molecule has 0 spiro atoms. The molecule has 8 heteroatoms. The van der Waals surface area contributed by atoms with Gasteiger partial charge in [0, 0.05) is 21.0 Å². The largest absolute Gasteiger partial charge is 0.433 e. The number of thiazole rings is 1. The third-order valence-corrected chi connectivity index (χ3v) is 5.23. The number of benzene rings is 2. The molecule has 0 N–H and O–H groups in total. The average molecular weight is 450 g/mol. The zero-order valence-electron chi connectivity index (χ0n) is 13.6. The van der Waals surface area contributed by atoms with E-state index in [0.29, 0.717) is 11.3 Å². The minimum Gasteiger partial charge on any atom is -0.218 e. The Kier molecular flexibility index (Phi) is 4.61. The van der Waals surface area contributed by atoms with Crippen molar-refractivity contribution in [1.82, 2.24) is 14.8 Å². The monoisotopic (exact) mass is 449 g/mol. The fourth-order valence-corrected chi connectivity index (χ4v) is 3.65. The van der Waals surface area contributed by atoms with E-state index in [-0.39, 0.29) is 10.8 Å². The highest BCUT2D eigenvalue weighted by Gasteiger charge is 2.37. The predicted molar refractivity (Wildman–Crippen MR) is 103 cm³/mol. The predicted octanol–water partition coefficient (Wildman–Crippen LogP) is 6.44. The second-order valence-electron chi connectivity index (χ2n) is 5.71.